The summed E-state index contributed by atoms with van der Waals surface area (Å²) in [5.74, 6) is -0.0539. The van der Waals surface area contributed by atoms with Crippen molar-refractivity contribution in [3.05, 3.63) is 70.6 Å². The van der Waals surface area contributed by atoms with Crippen LogP contribution in [0.2, 0.25) is 0 Å². The molecule has 1 heterocycles. The zero-order chi connectivity index (χ0) is 16.2. The number of carbonyl (C=O) groups excluding carboxylic acids is 1. The summed E-state index contributed by atoms with van der Waals surface area (Å²) in [7, 11) is 1.67. The summed E-state index contributed by atoms with van der Waals surface area (Å²) in [6.07, 6.45) is -0.144. The molecule has 0 aliphatic heterocycles. The fourth-order valence-electron chi connectivity index (χ4n) is 2.63. The van der Waals surface area contributed by atoms with E-state index in [1.807, 2.05) is 48.5 Å². The monoisotopic (exact) mass is 325 g/mol. The van der Waals surface area contributed by atoms with Gasteiger partial charge in [-0.25, -0.2) is 0 Å². The van der Waals surface area contributed by atoms with Crippen LogP contribution in [0, 0.1) is 6.92 Å². The van der Waals surface area contributed by atoms with Crippen molar-refractivity contribution in [2.75, 3.05) is 13.7 Å². The van der Waals surface area contributed by atoms with E-state index in [1.165, 1.54) is 11.3 Å². The number of nitrogens with one attached hydrogen (secondary N) is 1. The molecule has 0 aliphatic rings. The number of fused-ring (bicyclic) bond motifs is 1. The van der Waals surface area contributed by atoms with Crippen LogP contribution in [0.5, 0.6) is 0 Å². The molecule has 1 aromatic heterocycles. The average molecular weight is 325 g/mol. The number of hydrogen-bond donors (Lipinski definition) is 1. The molecule has 0 bridgehead atoms. The number of ether oxygens (including phenoxy) is 1. The smallest absolute Gasteiger partial charge is 0.261 e. The van der Waals surface area contributed by atoms with Crippen LogP contribution in [0.15, 0.2) is 54.6 Å². The highest BCUT2D eigenvalue weighted by molar-refractivity contribution is 7.20. The summed E-state index contributed by atoms with van der Waals surface area (Å²) < 4.78 is 6.68. The highest BCUT2D eigenvalue weighted by Gasteiger charge is 2.16. The third-order valence-corrected chi connectivity index (χ3v) is 5.03. The normalized spacial score (nSPS) is 12.3. The van der Waals surface area contributed by atoms with E-state index in [-0.39, 0.29) is 12.0 Å². The predicted octanol–water partition coefficient (Wildman–Crippen LogP) is 4.33. The van der Waals surface area contributed by atoms with Crippen LogP contribution in [-0.4, -0.2) is 19.6 Å². The minimum absolute atomic E-state index is 0.0539. The van der Waals surface area contributed by atoms with Gasteiger partial charge in [-0.3, -0.25) is 4.79 Å². The van der Waals surface area contributed by atoms with Crippen molar-refractivity contribution in [1.82, 2.24) is 5.32 Å². The number of aryl methyl sites for hydroxylation is 1. The van der Waals surface area contributed by atoms with Gasteiger partial charge in [0.1, 0.15) is 0 Å². The largest absolute Gasteiger partial charge is 0.375 e. The summed E-state index contributed by atoms with van der Waals surface area (Å²) >= 11 is 1.51. The van der Waals surface area contributed by atoms with Crippen LogP contribution in [0.25, 0.3) is 10.1 Å². The van der Waals surface area contributed by atoms with Crippen molar-refractivity contribution in [3.8, 4) is 0 Å². The third kappa shape index (κ3) is 3.44. The van der Waals surface area contributed by atoms with Gasteiger partial charge in [0.05, 0.1) is 11.0 Å². The van der Waals surface area contributed by atoms with Crippen LogP contribution < -0.4 is 5.32 Å². The second kappa shape index (κ2) is 6.94. The van der Waals surface area contributed by atoms with Gasteiger partial charge in [-0.2, -0.15) is 0 Å². The minimum atomic E-state index is -0.144. The zero-order valence-electron chi connectivity index (χ0n) is 13.2. The van der Waals surface area contributed by atoms with Gasteiger partial charge in [0.25, 0.3) is 5.91 Å². The van der Waals surface area contributed by atoms with Crippen molar-refractivity contribution in [3.63, 3.8) is 0 Å². The van der Waals surface area contributed by atoms with Gasteiger partial charge in [0.2, 0.25) is 0 Å². The molecule has 0 radical (unpaired) electrons. The molecule has 1 atom stereocenters. The maximum Gasteiger partial charge on any atom is 0.261 e. The number of amides is 1. The van der Waals surface area contributed by atoms with Gasteiger partial charge in [-0.15, -0.1) is 11.3 Å². The fraction of sp³-hybridized carbons (Fsp3) is 0.211. The maximum absolute atomic E-state index is 12.4. The van der Waals surface area contributed by atoms with Crippen LogP contribution in [-0.2, 0) is 4.74 Å². The Kier molecular flexibility index (Phi) is 4.74. The van der Waals surface area contributed by atoms with Crippen molar-refractivity contribution in [2.24, 2.45) is 0 Å². The van der Waals surface area contributed by atoms with E-state index >= 15 is 0 Å². The van der Waals surface area contributed by atoms with Crippen LogP contribution in [0.3, 0.4) is 0 Å². The standard InChI is InChI=1S/C19H19NO2S/c1-13-7-3-5-9-15(13)16(22-2)12-20-19(21)18-11-14-8-4-6-10-17(14)23-18/h3-11,16H,12H2,1-2H3,(H,20,21). The SMILES string of the molecule is COC(CNC(=O)c1cc2ccccc2s1)c1ccccc1C. The first-order chi connectivity index (χ1) is 11.2. The first-order valence-corrected chi connectivity index (χ1v) is 8.36. The van der Waals surface area contributed by atoms with Gasteiger partial charge < -0.3 is 10.1 Å². The van der Waals surface area contributed by atoms with Crippen LogP contribution in [0.1, 0.15) is 26.9 Å². The van der Waals surface area contributed by atoms with E-state index in [1.54, 1.807) is 7.11 Å². The van der Waals surface area contributed by atoms with E-state index < -0.39 is 0 Å². The zero-order valence-corrected chi connectivity index (χ0v) is 14.0. The van der Waals surface area contributed by atoms with Crippen molar-refractivity contribution in [2.45, 2.75) is 13.0 Å². The van der Waals surface area contributed by atoms with E-state index in [0.29, 0.717) is 6.54 Å². The molecular formula is C19H19NO2S. The number of carbonyl (C=O) groups is 1. The molecule has 1 amide bonds. The number of rotatable bonds is 5. The molecule has 1 unspecified atom stereocenters. The van der Waals surface area contributed by atoms with Crippen molar-refractivity contribution < 1.29 is 9.53 Å². The van der Waals surface area contributed by atoms with Gasteiger partial charge in [0, 0.05) is 18.4 Å². The lowest BCUT2D eigenvalue weighted by molar-refractivity contribution is 0.0829. The molecule has 0 aliphatic carbocycles. The van der Waals surface area contributed by atoms with Crippen molar-refractivity contribution in [1.29, 1.82) is 0 Å². The molecule has 1 N–H and O–H groups in total. The Labute approximate surface area is 139 Å². The molecule has 2 aromatic carbocycles. The second-order valence-electron chi connectivity index (χ2n) is 5.44. The fourth-order valence-corrected chi connectivity index (χ4v) is 3.61. The average Bonchev–Trinajstić information content (AvgIpc) is 3.01. The number of methoxy groups -OCH3 is 1. The number of hydrogen-bond acceptors (Lipinski definition) is 3. The summed E-state index contributed by atoms with van der Waals surface area (Å²) in [6, 6.07) is 18.0. The lowest BCUT2D eigenvalue weighted by Gasteiger charge is -2.18. The maximum atomic E-state index is 12.4. The molecule has 3 rings (SSSR count). The molecule has 3 nitrogen and oxygen atoms in total. The summed E-state index contributed by atoms with van der Waals surface area (Å²) in [5.41, 5.74) is 2.27. The van der Waals surface area contributed by atoms with Gasteiger partial charge in [0.15, 0.2) is 0 Å². The molecule has 0 spiro atoms. The Morgan fingerprint density at radius 2 is 1.91 bits per heavy atom. The lowest BCUT2D eigenvalue weighted by atomic mass is 10.0. The quantitative estimate of drug-likeness (QED) is 0.758. The Balaban J connectivity index is 1.71. The van der Waals surface area contributed by atoms with Gasteiger partial charge in [-0.05, 0) is 35.6 Å². The molecule has 3 aromatic rings. The second-order valence-corrected chi connectivity index (χ2v) is 6.52. The molecule has 0 saturated heterocycles. The Morgan fingerprint density at radius 3 is 2.65 bits per heavy atom. The Hall–Kier alpha value is -2.17. The summed E-state index contributed by atoms with van der Waals surface area (Å²) in [4.78, 5) is 13.1. The van der Waals surface area contributed by atoms with Crippen LogP contribution >= 0.6 is 11.3 Å². The third-order valence-electron chi connectivity index (χ3n) is 3.92. The van der Waals surface area contributed by atoms with Crippen molar-refractivity contribution >= 4 is 27.3 Å². The highest BCUT2D eigenvalue weighted by atomic mass is 32.1. The Bertz CT molecular complexity index is 792. The Morgan fingerprint density at radius 1 is 1.17 bits per heavy atom. The highest BCUT2D eigenvalue weighted by Crippen LogP contribution is 2.25. The van der Waals surface area contributed by atoms with E-state index in [4.69, 9.17) is 4.74 Å². The topological polar surface area (TPSA) is 38.3 Å². The number of thiophene rings is 1. The first kappa shape index (κ1) is 15.7. The molecular weight excluding hydrogens is 306 g/mol. The van der Waals surface area contributed by atoms with E-state index in [9.17, 15) is 4.79 Å². The molecule has 23 heavy (non-hydrogen) atoms. The summed E-state index contributed by atoms with van der Waals surface area (Å²) in [6.45, 7) is 2.50. The van der Waals surface area contributed by atoms with Crippen LogP contribution in [0.4, 0.5) is 0 Å². The molecule has 0 saturated carbocycles. The van der Waals surface area contributed by atoms with E-state index in [0.717, 1.165) is 26.1 Å². The first-order valence-electron chi connectivity index (χ1n) is 7.54. The van der Waals surface area contributed by atoms with Gasteiger partial charge >= 0.3 is 0 Å². The lowest BCUT2D eigenvalue weighted by Crippen LogP contribution is -2.28. The molecule has 118 valence electrons. The van der Waals surface area contributed by atoms with Gasteiger partial charge in [-0.1, -0.05) is 42.5 Å². The summed E-state index contributed by atoms with van der Waals surface area (Å²) in [5, 5.41) is 4.08. The molecule has 0 fully saturated rings. The number of benzene rings is 2. The molecule has 4 heteroatoms. The predicted molar refractivity (Wildman–Crippen MR) is 95.1 cm³/mol. The minimum Gasteiger partial charge on any atom is -0.375 e. The van der Waals surface area contributed by atoms with E-state index in [2.05, 4.69) is 18.3 Å².